The molecule has 2 aromatic rings. The molecule has 20 heavy (non-hydrogen) atoms. The second-order valence-electron chi connectivity index (χ2n) is 4.54. The summed E-state index contributed by atoms with van der Waals surface area (Å²) in [5.74, 6) is 0.946. The highest BCUT2D eigenvalue weighted by Gasteiger charge is 2.27. The summed E-state index contributed by atoms with van der Waals surface area (Å²) in [5.41, 5.74) is 1.93. The van der Waals surface area contributed by atoms with E-state index in [9.17, 15) is 13.2 Å². The molecule has 0 atom stereocenters. The van der Waals surface area contributed by atoms with Crippen molar-refractivity contribution < 1.29 is 17.9 Å². The molecule has 0 saturated heterocycles. The van der Waals surface area contributed by atoms with E-state index in [2.05, 4.69) is 9.72 Å². The van der Waals surface area contributed by atoms with Crippen molar-refractivity contribution in [3.8, 4) is 0 Å². The number of para-hydroxylation sites is 2. The van der Waals surface area contributed by atoms with Crippen molar-refractivity contribution in [3.05, 3.63) is 30.1 Å². The highest BCUT2D eigenvalue weighted by atomic mass is 19.4. The van der Waals surface area contributed by atoms with Gasteiger partial charge in [-0.25, -0.2) is 4.98 Å². The molecular formula is C14H17F3N2O. The molecule has 0 bridgehead atoms. The molecule has 0 spiro atoms. The molecule has 0 amide bonds. The smallest absolute Gasteiger partial charge is 0.372 e. The van der Waals surface area contributed by atoms with Crippen LogP contribution in [0.25, 0.3) is 11.0 Å². The summed E-state index contributed by atoms with van der Waals surface area (Å²) >= 11 is 0. The van der Waals surface area contributed by atoms with Gasteiger partial charge in [-0.05, 0) is 18.6 Å². The van der Waals surface area contributed by atoms with Crippen molar-refractivity contribution in [2.24, 2.45) is 0 Å². The molecule has 6 heteroatoms. The lowest BCUT2D eigenvalue weighted by Crippen LogP contribution is -2.18. The maximum atomic E-state index is 11.9. The third-order valence-corrected chi connectivity index (χ3v) is 2.99. The number of hydrogen-bond acceptors (Lipinski definition) is 2. The van der Waals surface area contributed by atoms with Gasteiger partial charge in [-0.1, -0.05) is 19.1 Å². The summed E-state index contributed by atoms with van der Waals surface area (Å²) in [7, 11) is 0. The Hall–Kier alpha value is -1.56. The summed E-state index contributed by atoms with van der Waals surface area (Å²) in [6, 6.07) is 7.76. The predicted octanol–water partition coefficient (Wildman–Crippen LogP) is 3.57. The SMILES string of the molecule is CCc1nc2ccccc2n1CCCOCC(F)(F)F. The zero-order valence-corrected chi connectivity index (χ0v) is 11.3. The highest BCUT2D eigenvalue weighted by molar-refractivity contribution is 5.75. The molecule has 1 aromatic carbocycles. The summed E-state index contributed by atoms with van der Waals surface area (Å²) in [6.45, 7) is 1.53. The third kappa shape index (κ3) is 3.72. The van der Waals surface area contributed by atoms with Gasteiger partial charge >= 0.3 is 6.18 Å². The zero-order valence-electron chi connectivity index (χ0n) is 11.3. The molecular weight excluding hydrogens is 269 g/mol. The Balaban J connectivity index is 1.95. The van der Waals surface area contributed by atoms with Crippen LogP contribution in [0.4, 0.5) is 13.2 Å². The van der Waals surface area contributed by atoms with E-state index in [1.807, 2.05) is 35.8 Å². The Morgan fingerprint density at radius 1 is 1.25 bits per heavy atom. The maximum absolute atomic E-state index is 11.9. The van der Waals surface area contributed by atoms with Crippen LogP contribution in [0, 0.1) is 0 Å². The number of halogens is 3. The number of ether oxygens (including phenoxy) is 1. The summed E-state index contributed by atoms with van der Waals surface area (Å²) in [4.78, 5) is 4.51. The molecule has 0 unspecified atom stereocenters. The molecule has 110 valence electrons. The molecule has 0 aliphatic rings. The molecule has 3 nitrogen and oxygen atoms in total. The number of aryl methyl sites for hydroxylation is 2. The normalized spacial score (nSPS) is 12.2. The fraction of sp³-hybridized carbons (Fsp3) is 0.500. The molecule has 0 aliphatic heterocycles. The second-order valence-corrected chi connectivity index (χ2v) is 4.54. The summed E-state index contributed by atoms with van der Waals surface area (Å²) in [6.07, 6.45) is -2.93. The number of aromatic nitrogens is 2. The molecule has 0 N–H and O–H groups in total. The number of hydrogen-bond donors (Lipinski definition) is 0. The Morgan fingerprint density at radius 2 is 2.00 bits per heavy atom. The van der Waals surface area contributed by atoms with E-state index < -0.39 is 12.8 Å². The van der Waals surface area contributed by atoms with Crippen molar-refractivity contribution in [3.63, 3.8) is 0 Å². The number of nitrogens with zero attached hydrogens (tertiary/aromatic N) is 2. The van der Waals surface area contributed by atoms with Gasteiger partial charge in [0.1, 0.15) is 12.4 Å². The molecule has 0 aliphatic carbocycles. The number of benzene rings is 1. The van der Waals surface area contributed by atoms with Crippen molar-refractivity contribution in [1.82, 2.24) is 9.55 Å². The van der Waals surface area contributed by atoms with E-state index >= 15 is 0 Å². The number of alkyl halides is 3. The van der Waals surface area contributed by atoms with Crippen LogP contribution in [-0.2, 0) is 17.7 Å². The molecule has 1 aromatic heterocycles. The van der Waals surface area contributed by atoms with Crippen LogP contribution in [-0.4, -0.2) is 28.9 Å². The summed E-state index contributed by atoms with van der Waals surface area (Å²) < 4.78 is 42.5. The Bertz CT molecular complexity index is 563. The summed E-state index contributed by atoms with van der Waals surface area (Å²) in [5, 5.41) is 0. The van der Waals surface area contributed by atoms with Gasteiger partial charge in [0, 0.05) is 19.6 Å². The van der Waals surface area contributed by atoms with Crippen LogP contribution < -0.4 is 0 Å². The van der Waals surface area contributed by atoms with Gasteiger partial charge < -0.3 is 9.30 Å². The first-order valence-corrected chi connectivity index (χ1v) is 6.60. The van der Waals surface area contributed by atoms with E-state index in [1.165, 1.54) is 0 Å². The van der Waals surface area contributed by atoms with Gasteiger partial charge in [-0.3, -0.25) is 0 Å². The second kappa shape index (κ2) is 6.26. The van der Waals surface area contributed by atoms with E-state index in [0.717, 1.165) is 23.3 Å². The maximum Gasteiger partial charge on any atom is 0.411 e. The van der Waals surface area contributed by atoms with Gasteiger partial charge in [0.05, 0.1) is 11.0 Å². The van der Waals surface area contributed by atoms with Crippen LogP contribution in [0.5, 0.6) is 0 Å². The quantitative estimate of drug-likeness (QED) is 0.759. The van der Waals surface area contributed by atoms with Crippen LogP contribution >= 0.6 is 0 Å². The monoisotopic (exact) mass is 286 g/mol. The fourth-order valence-corrected chi connectivity index (χ4v) is 2.16. The lowest BCUT2D eigenvalue weighted by Gasteiger charge is -2.10. The molecule has 0 fully saturated rings. The van der Waals surface area contributed by atoms with Crippen molar-refractivity contribution in [2.45, 2.75) is 32.5 Å². The van der Waals surface area contributed by atoms with E-state index in [0.29, 0.717) is 13.0 Å². The minimum Gasteiger partial charge on any atom is -0.372 e. The third-order valence-electron chi connectivity index (χ3n) is 2.99. The molecule has 1 heterocycles. The first-order chi connectivity index (χ1) is 9.51. The Kier molecular flexibility index (Phi) is 4.65. The largest absolute Gasteiger partial charge is 0.411 e. The zero-order chi connectivity index (χ0) is 14.6. The minimum absolute atomic E-state index is 0.0924. The fourth-order valence-electron chi connectivity index (χ4n) is 2.16. The first-order valence-electron chi connectivity index (χ1n) is 6.60. The first kappa shape index (κ1) is 14.8. The Labute approximate surface area is 115 Å². The number of imidazole rings is 1. The topological polar surface area (TPSA) is 27.1 Å². The highest BCUT2D eigenvalue weighted by Crippen LogP contribution is 2.17. The lowest BCUT2D eigenvalue weighted by molar-refractivity contribution is -0.174. The molecule has 0 radical (unpaired) electrons. The Morgan fingerprint density at radius 3 is 2.70 bits per heavy atom. The van der Waals surface area contributed by atoms with Gasteiger partial charge in [0.25, 0.3) is 0 Å². The average molecular weight is 286 g/mol. The van der Waals surface area contributed by atoms with Crippen LogP contribution in [0.2, 0.25) is 0 Å². The minimum atomic E-state index is -4.25. The standard InChI is InChI=1S/C14H17F3N2O/c1-2-13-18-11-6-3-4-7-12(11)19(13)8-5-9-20-10-14(15,16)17/h3-4,6-7H,2,5,8-10H2,1H3. The van der Waals surface area contributed by atoms with Crippen molar-refractivity contribution in [2.75, 3.05) is 13.2 Å². The van der Waals surface area contributed by atoms with Crippen molar-refractivity contribution in [1.29, 1.82) is 0 Å². The van der Waals surface area contributed by atoms with Crippen molar-refractivity contribution >= 4 is 11.0 Å². The van der Waals surface area contributed by atoms with Crippen LogP contribution in [0.1, 0.15) is 19.2 Å². The van der Waals surface area contributed by atoms with E-state index in [-0.39, 0.29) is 6.61 Å². The lowest BCUT2D eigenvalue weighted by atomic mass is 10.3. The van der Waals surface area contributed by atoms with E-state index in [4.69, 9.17) is 0 Å². The van der Waals surface area contributed by atoms with Crippen LogP contribution in [0.15, 0.2) is 24.3 Å². The van der Waals surface area contributed by atoms with Crippen LogP contribution in [0.3, 0.4) is 0 Å². The van der Waals surface area contributed by atoms with Gasteiger partial charge in [-0.15, -0.1) is 0 Å². The van der Waals surface area contributed by atoms with Gasteiger partial charge in [0.2, 0.25) is 0 Å². The van der Waals surface area contributed by atoms with Gasteiger partial charge in [0.15, 0.2) is 0 Å². The molecule has 0 saturated carbocycles. The predicted molar refractivity (Wildman–Crippen MR) is 70.6 cm³/mol. The average Bonchev–Trinajstić information content (AvgIpc) is 2.75. The number of rotatable bonds is 6. The van der Waals surface area contributed by atoms with Gasteiger partial charge in [-0.2, -0.15) is 13.2 Å². The number of fused-ring (bicyclic) bond motifs is 1. The molecule has 2 rings (SSSR count). The van der Waals surface area contributed by atoms with E-state index in [1.54, 1.807) is 0 Å².